The molecule has 2 fully saturated rings. The topological polar surface area (TPSA) is 59.5 Å². The number of hydrogen-bond acceptors (Lipinski definition) is 4. The molecule has 88 valence electrons. The van der Waals surface area contributed by atoms with Crippen molar-refractivity contribution in [3.63, 3.8) is 0 Å². The Hall–Kier alpha value is -1.78. The highest BCUT2D eigenvalue weighted by molar-refractivity contribution is 5.67. The van der Waals surface area contributed by atoms with Gasteiger partial charge < -0.3 is 15.0 Å². The summed E-state index contributed by atoms with van der Waals surface area (Å²) < 4.78 is 1.96. The van der Waals surface area contributed by atoms with Gasteiger partial charge >= 0.3 is 0 Å². The molecule has 0 amide bonds. The number of nitrogens with two attached hydrogens (primary N) is 1. The van der Waals surface area contributed by atoms with Gasteiger partial charge in [0.1, 0.15) is 5.82 Å². The van der Waals surface area contributed by atoms with Crippen molar-refractivity contribution in [2.24, 2.45) is 5.92 Å². The van der Waals surface area contributed by atoms with Crippen LogP contribution in [0.5, 0.6) is 0 Å². The Morgan fingerprint density at radius 3 is 3.06 bits per heavy atom. The summed E-state index contributed by atoms with van der Waals surface area (Å²) in [5, 5.41) is 0. The number of aromatic nitrogens is 3. The van der Waals surface area contributed by atoms with Gasteiger partial charge in [0, 0.05) is 25.0 Å². The Morgan fingerprint density at radius 1 is 1.35 bits per heavy atom. The maximum absolute atomic E-state index is 5.86. The van der Waals surface area contributed by atoms with E-state index in [1.807, 2.05) is 16.8 Å². The molecule has 4 rings (SSSR count). The van der Waals surface area contributed by atoms with Gasteiger partial charge in [-0.2, -0.15) is 0 Å². The molecule has 5 nitrogen and oxygen atoms in total. The van der Waals surface area contributed by atoms with Crippen molar-refractivity contribution in [1.29, 1.82) is 0 Å². The minimum atomic E-state index is 0.563. The molecule has 17 heavy (non-hydrogen) atoms. The van der Waals surface area contributed by atoms with Crippen molar-refractivity contribution >= 4 is 17.3 Å². The van der Waals surface area contributed by atoms with E-state index in [0.717, 1.165) is 23.9 Å². The summed E-state index contributed by atoms with van der Waals surface area (Å²) in [5.41, 5.74) is 6.79. The fraction of sp³-hybridized carbons (Fsp3) is 0.500. The number of nitrogen functional groups attached to an aromatic ring is 1. The van der Waals surface area contributed by atoms with E-state index in [4.69, 9.17) is 5.73 Å². The van der Waals surface area contributed by atoms with Crippen LogP contribution in [0, 0.1) is 5.92 Å². The molecular weight excluding hydrogens is 214 g/mol. The maximum atomic E-state index is 5.86. The fourth-order valence-electron chi connectivity index (χ4n) is 3.31. The van der Waals surface area contributed by atoms with Crippen LogP contribution >= 0.6 is 0 Å². The summed E-state index contributed by atoms with van der Waals surface area (Å²) in [6.07, 6.45) is 9.51. The Bertz CT molecular complexity index is 575. The predicted molar refractivity (Wildman–Crippen MR) is 65.9 cm³/mol. The SMILES string of the molecule is Nc1cn2ccnc2c(N2CC3CCC2C3)n1. The van der Waals surface area contributed by atoms with Gasteiger partial charge in [-0.05, 0) is 25.2 Å². The monoisotopic (exact) mass is 229 g/mol. The molecule has 2 aliphatic rings. The highest BCUT2D eigenvalue weighted by Crippen LogP contribution is 2.40. The Morgan fingerprint density at radius 2 is 2.29 bits per heavy atom. The lowest BCUT2D eigenvalue weighted by molar-refractivity contribution is 0.551. The number of fused-ring (bicyclic) bond motifs is 3. The van der Waals surface area contributed by atoms with Crippen LogP contribution in [-0.2, 0) is 0 Å². The van der Waals surface area contributed by atoms with Crippen molar-refractivity contribution in [2.45, 2.75) is 25.3 Å². The van der Waals surface area contributed by atoms with Gasteiger partial charge in [-0.25, -0.2) is 9.97 Å². The number of hydrogen-bond donors (Lipinski definition) is 1. The number of nitrogens with zero attached hydrogens (tertiary/aromatic N) is 4. The van der Waals surface area contributed by atoms with E-state index in [9.17, 15) is 0 Å². The third-order valence-electron chi connectivity index (χ3n) is 4.06. The van der Waals surface area contributed by atoms with Crippen molar-refractivity contribution < 1.29 is 0 Å². The van der Waals surface area contributed by atoms with Crippen molar-refractivity contribution in [3.8, 4) is 0 Å². The molecule has 2 aromatic rings. The summed E-state index contributed by atoms with van der Waals surface area (Å²) in [7, 11) is 0. The third-order valence-corrected chi connectivity index (χ3v) is 4.06. The lowest BCUT2D eigenvalue weighted by Gasteiger charge is -2.28. The average molecular weight is 229 g/mol. The first-order valence-electron chi connectivity index (χ1n) is 6.17. The average Bonchev–Trinajstić information content (AvgIpc) is 3.02. The normalized spacial score (nSPS) is 27.2. The van der Waals surface area contributed by atoms with E-state index in [0.29, 0.717) is 11.9 Å². The standard InChI is InChI=1S/C12H15N5/c13-10-7-16-4-3-14-11(16)12(15-10)17-6-8-1-2-9(17)5-8/h3-4,7-9H,1-2,5-6,13H2. The summed E-state index contributed by atoms with van der Waals surface area (Å²) in [4.78, 5) is 11.3. The molecule has 2 unspecified atom stereocenters. The minimum absolute atomic E-state index is 0.563. The molecule has 1 aliphatic heterocycles. The second kappa shape index (κ2) is 3.12. The van der Waals surface area contributed by atoms with Crippen molar-refractivity contribution in [3.05, 3.63) is 18.6 Å². The van der Waals surface area contributed by atoms with E-state index in [1.54, 1.807) is 6.20 Å². The Labute approximate surface area is 99.3 Å². The molecule has 1 saturated heterocycles. The van der Waals surface area contributed by atoms with Crippen LogP contribution in [-0.4, -0.2) is 27.0 Å². The number of piperidine rings is 1. The van der Waals surface area contributed by atoms with Crippen molar-refractivity contribution in [2.75, 3.05) is 17.2 Å². The zero-order valence-corrected chi connectivity index (χ0v) is 9.58. The molecule has 2 aromatic heterocycles. The molecule has 0 radical (unpaired) electrons. The van der Waals surface area contributed by atoms with Gasteiger partial charge in [-0.15, -0.1) is 0 Å². The largest absolute Gasteiger partial charge is 0.382 e. The third kappa shape index (κ3) is 1.25. The van der Waals surface area contributed by atoms with Crippen LogP contribution in [0.2, 0.25) is 0 Å². The van der Waals surface area contributed by atoms with Gasteiger partial charge in [0.15, 0.2) is 11.5 Å². The first kappa shape index (κ1) is 9.27. The van der Waals surface area contributed by atoms with Crippen LogP contribution < -0.4 is 10.6 Å². The van der Waals surface area contributed by atoms with Crippen LogP contribution in [0.3, 0.4) is 0 Å². The second-order valence-corrected chi connectivity index (χ2v) is 5.13. The van der Waals surface area contributed by atoms with Gasteiger partial charge in [0.05, 0.1) is 6.20 Å². The van der Waals surface area contributed by atoms with E-state index < -0.39 is 0 Å². The molecular formula is C12H15N5. The summed E-state index contributed by atoms with van der Waals surface area (Å²) >= 11 is 0. The van der Waals surface area contributed by atoms with Gasteiger partial charge in [0.2, 0.25) is 0 Å². The van der Waals surface area contributed by atoms with E-state index in [1.165, 1.54) is 19.3 Å². The molecule has 1 saturated carbocycles. The Kier molecular flexibility index (Phi) is 1.70. The lowest BCUT2D eigenvalue weighted by Crippen LogP contribution is -2.33. The van der Waals surface area contributed by atoms with Gasteiger partial charge in [-0.3, -0.25) is 0 Å². The Balaban J connectivity index is 1.87. The molecule has 5 heteroatoms. The minimum Gasteiger partial charge on any atom is -0.382 e. The first-order valence-corrected chi connectivity index (χ1v) is 6.17. The summed E-state index contributed by atoms with van der Waals surface area (Å²) in [6.45, 7) is 1.11. The van der Waals surface area contributed by atoms with Crippen molar-refractivity contribution in [1.82, 2.24) is 14.4 Å². The van der Waals surface area contributed by atoms with Crippen LogP contribution in [0.1, 0.15) is 19.3 Å². The van der Waals surface area contributed by atoms with Crippen LogP contribution in [0.25, 0.3) is 5.65 Å². The van der Waals surface area contributed by atoms with Crippen LogP contribution in [0.4, 0.5) is 11.6 Å². The van der Waals surface area contributed by atoms with Gasteiger partial charge in [0.25, 0.3) is 0 Å². The van der Waals surface area contributed by atoms with Crippen LogP contribution in [0.15, 0.2) is 18.6 Å². The molecule has 2 atom stereocenters. The van der Waals surface area contributed by atoms with E-state index in [-0.39, 0.29) is 0 Å². The summed E-state index contributed by atoms with van der Waals surface area (Å²) in [6, 6.07) is 0.648. The zero-order chi connectivity index (χ0) is 11.4. The molecule has 0 spiro atoms. The summed E-state index contributed by atoms with van der Waals surface area (Å²) in [5.74, 6) is 2.37. The highest BCUT2D eigenvalue weighted by atomic mass is 15.3. The molecule has 3 heterocycles. The highest BCUT2D eigenvalue weighted by Gasteiger charge is 2.39. The maximum Gasteiger partial charge on any atom is 0.180 e. The first-order chi connectivity index (χ1) is 8.31. The smallest absolute Gasteiger partial charge is 0.180 e. The quantitative estimate of drug-likeness (QED) is 0.800. The fourth-order valence-corrected chi connectivity index (χ4v) is 3.31. The number of imidazole rings is 1. The molecule has 1 aliphatic carbocycles. The molecule has 2 N–H and O–H groups in total. The number of anilines is 2. The second-order valence-electron chi connectivity index (χ2n) is 5.13. The van der Waals surface area contributed by atoms with E-state index in [2.05, 4.69) is 14.9 Å². The predicted octanol–water partition coefficient (Wildman–Crippen LogP) is 1.30. The van der Waals surface area contributed by atoms with E-state index >= 15 is 0 Å². The lowest BCUT2D eigenvalue weighted by atomic mass is 10.1. The number of rotatable bonds is 1. The van der Waals surface area contributed by atoms with Gasteiger partial charge in [-0.1, -0.05) is 0 Å². The zero-order valence-electron chi connectivity index (χ0n) is 9.58. The molecule has 2 bridgehead atoms. The molecule has 0 aromatic carbocycles.